The highest BCUT2D eigenvalue weighted by Gasteiger charge is 2.50. The number of carboxylic acid groups (broad SMARTS) is 2. The SMILES string of the molecule is O=C(O)CC[C@H](NC(=O)c1cc(OCC(=O)N2CC(F)(F)C[C@H]2C(=O)NC2CCC2)n(-c2ccccc2)n1)C(=O)N1CCN(C(=O)O)CC1. The summed E-state index contributed by atoms with van der Waals surface area (Å²) >= 11 is 0. The molecule has 5 rings (SSSR count). The van der Waals surface area contributed by atoms with Crippen molar-refractivity contribution in [2.24, 2.45) is 0 Å². The molecule has 0 spiro atoms. The molecule has 2 atom stereocenters. The zero-order valence-electron chi connectivity index (χ0n) is 26.4. The van der Waals surface area contributed by atoms with Crippen molar-refractivity contribution < 1.29 is 52.5 Å². The van der Waals surface area contributed by atoms with Crippen molar-refractivity contribution in [1.82, 2.24) is 35.1 Å². The van der Waals surface area contributed by atoms with Gasteiger partial charge in [-0.1, -0.05) is 18.2 Å². The van der Waals surface area contributed by atoms with Crippen molar-refractivity contribution in [1.29, 1.82) is 0 Å². The Morgan fingerprint density at radius 1 is 1.00 bits per heavy atom. The summed E-state index contributed by atoms with van der Waals surface area (Å²) < 4.78 is 35.7. The molecule has 3 fully saturated rings. The second-order valence-electron chi connectivity index (χ2n) is 12.2. The van der Waals surface area contributed by atoms with Crippen LogP contribution in [0.3, 0.4) is 0 Å². The van der Waals surface area contributed by atoms with E-state index in [0.717, 1.165) is 29.1 Å². The van der Waals surface area contributed by atoms with Crippen molar-refractivity contribution in [2.75, 3.05) is 39.3 Å². The number of hydrogen-bond donors (Lipinski definition) is 4. The van der Waals surface area contributed by atoms with Gasteiger partial charge in [0.2, 0.25) is 17.7 Å². The van der Waals surface area contributed by atoms with E-state index in [4.69, 9.17) is 4.74 Å². The van der Waals surface area contributed by atoms with Gasteiger partial charge in [-0.05, 0) is 37.8 Å². The average molecular weight is 690 g/mol. The Balaban J connectivity index is 1.31. The molecule has 0 unspecified atom stereocenters. The molecule has 2 saturated heterocycles. The highest BCUT2D eigenvalue weighted by molar-refractivity contribution is 5.96. The standard InChI is InChI=1S/C31H37F2N7O9/c32-31(33)16-23(28(45)34-19-5-4-6-19)39(18-31)24(41)17-49-25-15-22(36-40(25)20-7-2-1-3-8-20)27(44)35-21(9-10-26(42)43)29(46)37-11-13-38(14-12-37)30(47)48/h1-3,7-8,15,19,21,23H,4-6,9-14,16-18H2,(H,34,45)(H,35,44)(H,42,43)(H,47,48)/t21-,23-/m0/s1. The summed E-state index contributed by atoms with van der Waals surface area (Å²) in [6.07, 6.45) is -0.262. The summed E-state index contributed by atoms with van der Waals surface area (Å²) in [7, 11) is 0. The van der Waals surface area contributed by atoms with Crippen molar-refractivity contribution in [2.45, 2.75) is 62.6 Å². The molecule has 1 saturated carbocycles. The Labute approximate surface area is 278 Å². The zero-order valence-corrected chi connectivity index (χ0v) is 26.4. The minimum Gasteiger partial charge on any atom is -0.481 e. The number of rotatable bonds is 12. The second-order valence-corrected chi connectivity index (χ2v) is 12.2. The number of ether oxygens (including phenoxy) is 1. The molecule has 1 aliphatic carbocycles. The van der Waals surface area contributed by atoms with Crippen LogP contribution in [-0.2, 0) is 19.2 Å². The first kappa shape index (κ1) is 35.0. The predicted molar refractivity (Wildman–Crippen MR) is 164 cm³/mol. The first-order chi connectivity index (χ1) is 23.3. The van der Waals surface area contributed by atoms with Gasteiger partial charge in [-0.15, -0.1) is 0 Å². The van der Waals surface area contributed by atoms with Crippen LogP contribution in [0, 0.1) is 0 Å². The first-order valence-corrected chi connectivity index (χ1v) is 15.9. The number of benzene rings is 1. The van der Waals surface area contributed by atoms with Gasteiger partial charge in [-0.2, -0.15) is 5.10 Å². The third kappa shape index (κ3) is 8.60. The number of halogens is 2. The summed E-state index contributed by atoms with van der Waals surface area (Å²) in [6, 6.07) is 6.74. The second kappa shape index (κ2) is 14.9. The molecule has 0 bridgehead atoms. The molecular formula is C31H37F2N7O9. The fourth-order valence-electron chi connectivity index (χ4n) is 5.81. The van der Waals surface area contributed by atoms with Crippen LogP contribution in [0.1, 0.15) is 49.0 Å². The maximum absolute atomic E-state index is 14.4. The van der Waals surface area contributed by atoms with Crippen molar-refractivity contribution in [3.63, 3.8) is 0 Å². The van der Waals surface area contributed by atoms with E-state index in [2.05, 4.69) is 15.7 Å². The van der Waals surface area contributed by atoms with Crippen LogP contribution in [0.25, 0.3) is 5.69 Å². The van der Waals surface area contributed by atoms with E-state index in [0.29, 0.717) is 5.69 Å². The van der Waals surface area contributed by atoms with Gasteiger partial charge in [0.1, 0.15) is 12.1 Å². The number of carbonyl (C=O) groups excluding carboxylic acids is 4. The van der Waals surface area contributed by atoms with Crippen LogP contribution in [0.15, 0.2) is 36.4 Å². The number of aromatic nitrogens is 2. The van der Waals surface area contributed by atoms with Gasteiger partial charge in [0.25, 0.3) is 17.7 Å². The maximum atomic E-state index is 14.4. The largest absolute Gasteiger partial charge is 0.481 e. The van der Waals surface area contributed by atoms with E-state index < -0.39 is 79.7 Å². The number of amides is 5. The molecule has 1 aromatic carbocycles. The molecule has 0 radical (unpaired) electrons. The van der Waals surface area contributed by atoms with Crippen LogP contribution in [0.2, 0.25) is 0 Å². The molecule has 2 aliphatic heterocycles. The molecule has 3 heterocycles. The molecule has 4 N–H and O–H groups in total. The molecule has 264 valence electrons. The van der Waals surface area contributed by atoms with Gasteiger partial charge in [0.05, 0.1) is 12.2 Å². The minimum atomic E-state index is -3.27. The Bertz CT molecular complexity index is 1580. The summed E-state index contributed by atoms with van der Waals surface area (Å²) in [5, 5.41) is 28.0. The molecule has 1 aromatic heterocycles. The molecule has 2 aromatic rings. The Morgan fingerprint density at radius 2 is 1.67 bits per heavy atom. The molecule has 18 heteroatoms. The number of nitrogens with one attached hydrogen (secondary N) is 2. The van der Waals surface area contributed by atoms with Crippen LogP contribution < -0.4 is 15.4 Å². The van der Waals surface area contributed by atoms with E-state index in [9.17, 15) is 47.8 Å². The number of carboxylic acids is 1. The average Bonchev–Trinajstić information content (AvgIpc) is 3.64. The summed E-state index contributed by atoms with van der Waals surface area (Å²) in [4.78, 5) is 78.6. The van der Waals surface area contributed by atoms with E-state index in [1.54, 1.807) is 30.3 Å². The van der Waals surface area contributed by atoms with Gasteiger partial charge in [0, 0.05) is 51.1 Å². The topological polar surface area (TPSA) is 204 Å². The van der Waals surface area contributed by atoms with Gasteiger partial charge < -0.3 is 40.3 Å². The molecule has 5 amide bonds. The van der Waals surface area contributed by atoms with Crippen LogP contribution in [0.5, 0.6) is 5.88 Å². The number of alkyl halides is 2. The van der Waals surface area contributed by atoms with Gasteiger partial charge >= 0.3 is 12.1 Å². The van der Waals surface area contributed by atoms with Crippen molar-refractivity contribution >= 4 is 35.7 Å². The number of aliphatic carboxylic acids is 1. The predicted octanol–water partition coefficient (Wildman–Crippen LogP) is 0.941. The lowest BCUT2D eigenvalue weighted by molar-refractivity contribution is -0.140. The lowest BCUT2D eigenvalue weighted by atomic mass is 9.93. The summed E-state index contributed by atoms with van der Waals surface area (Å²) in [5.41, 5.74) is 0.143. The Morgan fingerprint density at radius 3 is 2.29 bits per heavy atom. The third-order valence-electron chi connectivity index (χ3n) is 8.71. The molecule has 49 heavy (non-hydrogen) atoms. The number of piperazine rings is 1. The lowest BCUT2D eigenvalue weighted by Crippen LogP contribution is -2.55. The van der Waals surface area contributed by atoms with Gasteiger partial charge in [0.15, 0.2) is 12.3 Å². The van der Waals surface area contributed by atoms with E-state index in [1.165, 1.54) is 15.6 Å². The zero-order chi connectivity index (χ0) is 35.3. The number of hydrogen-bond acceptors (Lipinski definition) is 8. The summed E-state index contributed by atoms with van der Waals surface area (Å²) in [5.74, 6) is -7.58. The number of para-hydroxylation sites is 1. The highest BCUT2D eigenvalue weighted by Crippen LogP contribution is 2.33. The van der Waals surface area contributed by atoms with Crippen molar-refractivity contribution in [3.05, 3.63) is 42.1 Å². The quantitative estimate of drug-likeness (QED) is 0.248. The van der Waals surface area contributed by atoms with Crippen LogP contribution in [-0.4, -0.2) is 134 Å². The number of carbonyl (C=O) groups is 6. The van der Waals surface area contributed by atoms with E-state index in [1.807, 2.05) is 0 Å². The minimum absolute atomic E-state index is 0.0442. The molecule has 3 aliphatic rings. The van der Waals surface area contributed by atoms with Crippen LogP contribution >= 0.6 is 0 Å². The smallest absolute Gasteiger partial charge is 0.407 e. The lowest BCUT2D eigenvalue weighted by Gasteiger charge is -2.35. The first-order valence-electron chi connectivity index (χ1n) is 15.9. The Kier molecular flexibility index (Phi) is 10.6. The fourth-order valence-corrected chi connectivity index (χ4v) is 5.81. The summed E-state index contributed by atoms with van der Waals surface area (Å²) in [6.45, 7) is -1.53. The van der Waals surface area contributed by atoms with Gasteiger partial charge in [-0.3, -0.25) is 24.0 Å². The van der Waals surface area contributed by atoms with E-state index in [-0.39, 0.29) is 50.2 Å². The maximum Gasteiger partial charge on any atom is 0.407 e. The molecule has 16 nitrogen and oxygen atoms in total. The van der Waals surface area contributed by atoms with E-state index >= 15 is 0 Å². The van der Waals surface area contributed by atoms with Crippen LogP contribution in [0.4, 0.5) is 13.6 Å². The van der Waals surface area contributed by atoms with Crippen molar-refractivity contribution in [3.8, 4) is 11.6 Å². The van der Waals surface area contributed by atoms with Gasteiger partial charge in [-0.25, -0.2) is 18.3 Å². The monoisotopic (exact) mass is 689 g/mol. The number of nitrogens with zero attached hydrogens (tertiary/aromatic N) is 5. The highest BCUT2D eigenvalue weighted by atomic mass is 19.3. The Hall–Kier alpha value is -5.29. The number of likely N-dealkylation sites (tertiary alicyclic amines) is 1. The molecular weight excluding hydrogens is 652 g/mol. The third-order valence-corrected chi connectivity index (χ3v) is 8.71. The normalized spacial score (nSPS) is 19.5. The fraction of sp³-hybridized carbons (Fsp3) is 0.516.